The summed E-state index contributed by atoms with van der Waals surface area (Å²) in [4.78, 5) is 0. The lowest BCUT2D eigenvalue weighted by Gasteiger charge is -2.44. The van der Waals surface area contributed by atoms with E-state index in [9.17, 15) is 10.2 Å². The molecule has 2 aliphatic carbocycles. The fourth-order valence-corrected chi connectivity index (χ4v) is 6.06. The number of fused-ring (bicyclic) bond motifs is 1. The van der Waals surface area contributed by atoms with Gasteiger partial charge in [0.25, 0.3) is 0 Å². The highest BCUT2D eigenvalue weighted by molar-refractivity contribution is 5.25. The summed E-state index contributed by atoms with van der Waals surface area (Å²) in [5.41, 5.74) is 3.18. The maximum absolute atomic E-state index is 10.0. The third-order valence-corrected chi connectivity index (χ3v) is 7.73. The van der Waals surface area contributed by atoms with Crippen molar-refractivity contribution in [3.8, 4) is 0 Å². The Labute approximate surface area is 172 Å². The first-order valence-corrected chi connectivity index (χ1v) is 11.7. The van der Waals surface area contributed by atoms with Gasteiger partial charge in [-0.1, -0.05) is 56.9 Å². The molecule has 3 N–H and O–H groups in total. The Morgan fingerprint density at radius 3 is 2.68 bits per heavy atom. The molecule has 3 heteroatoms. The molecule has 28 heavy (non-hydrogen) atoms. The molecule has 2 aliphatic rings. The van der Waals surface area contributed by atoms with Crippen LogP contribution in [-0.4, -0.2) is 34.6 Å². The van der Waals surface area contributed by atoms with E-state index in [1.807, 2.05) is 6.92 Å². The van der Waals surface area contributed by atoms with Crippen LogP contribution in [-0.2, 0) is 0 Å². The molecule has 2 fully saturated rings. The standard InChI is InChI=1S/C25H44O3/c1-4-22(28)18-20(14-17-27)10-11-21-9-7-15-25(3)23(12-13-24(21)25)19(2)8-5-6-16-26/h10-11,19,22-24,26-28H,4-9,12-18H2,1-3H3/b20-10+,21-11+/t19-,22-,23?,24-,25+/m0/s1. The predicted molar refractivity (Wildman–Crippen MR) is 117 cm³/mol. The van der Waals surface area contributed by atoms with E-state index in [1.165, 1.54) is 44.1 Å². The van der Waals surface area contributed by atoms with E-state index in [0.29, 0.717) is 30.8 Å². The summed E-state index contributed by atoms with van der Waals surface area (Å²) < 4.78 is 0. The van der Waals surface area contributed by atoms with Crippen molar-refractivity contribution < 1.29 is 15.3 Å². The van der Waals surface area contributed by atoms with Crippen LogP contribution in [0.25, 0.3) is 0 Å². The van der Waals surface area contributed by atoms with Crippen molar-refractivity contribution in [3.05, 3.63) is 23.3 Å². The minimum absolute atomic E-state index is 0.153. The SMILES string of the molecule is CC[C@H](O)C/C(=C/C=C1\CCC[C@]2(C)C([C@@H](C)CCCCO)CC[C@@H]12)CCO. The van der Waals surface area contributed by atoms with Crippen LogP contribution in [0, 0.1) is 23.2 Å². The molecule has 0 radical (unpaired) electrons. The number of hydrogen-bond donors (Lipinski definition) is 3. The van der Waals surface area contributed by atoms with E-state index >= 15 is 0 Å². The van der Waals surface area contributed by atoms with Gasteiger partial charge in [0, 0.05) is 13.2 Å². The van der Waals surface area contributed by atoms with Crippen LogP contribution < -0.4 is 0 Å². The van der Waals surface area contributed by atoms with Gasteiger partial charge in [-0.2, -0.15) is 0 Å². The minimum Gasteiger partial charge on any atom is -0.396 e. The number of allylic oxidation sites excluding steroid dienone is 3. The zero-order valence-corrected chi connectivity index (χ0v) is 18.5. The van der Waals surface area contributed by atoms with Gasteiger partial charge in [0.2, 0.25) is 0 Å². The lowest BCUT2D eigenvalue weighted by atomic mass is 9.60. The summed E-state index contributed by atoms with van der Waals surface area (Å²) in [6, 6.07) is 0. The van der Waals surface area contributed by atoms with Crippen molar-refractivity contribution in [2.75, 3.05) is 13.2 Å². The molecule has 3 nitrogen and oxygen atoms in total. The van der Waals surface area contributed by atoms with Crippen molar-refractivity contribution in [2.24, 2.45) is 23.2 Å². The van der Waals surface area contributed by atoms with Gasteiger partial charge in [0.1, 0.15) is 0 Å². The average molecular weight is 393 g/mol. The molecule has 0 aromatic heterocycles. The molecular weight excluding hydrogens is 348 g/mol. The first-order valence-electron chi connectivity index (χ1n) is 11.7. The van der Waals surface area contributed by atoms with Crippen molar-refractivity contribution in [1.82, 2.24) is 0 Å². The molecule has 0 spiro atoms. The van der Waals surface area contributed by atoms with Gasteiger partial charge >= 0.3 is 0 Å². The molecule has 0 heterocycles. The smallest absolute Gasteiger partial charge is 0.0574 e. The third-order valence-electron chi connectivity index (χ3n) is 7.73. The summed E-state index contributed by atoms with van der Waals surface area (Å²) in [5.74, 6) is 2.22. The maximum atomic E-state index is 10.0. The van der Waals surface area contributed by atoms with Crippen LogP contribution >= 0.6 is 0 Å². The Kier molecular flexibility index (Phi) is 9.73. The molecule has 2 rings (SSSR count). The van der Waals surface area contributed by atoms with E-state index in [-0.39, 0.29) is 12.7 Å². The molecule has 2 saturated carbocycles. The first-order chi connectivity index (χ1) is 13.5. The molecule has 0 saturated heterocycles. The summed E-state index contributed by atoms with van der Waals surface area (Å²) >= 11 is 0. The lowest BCUT2D eigenvalue weighted by molar-refractivity contribution is 0.0925. The normalized spacial score (nSPS) is 31.8. The van der Waals surface area contributed by atoms with Crippen LogP contribution in [0.5, 0.6) is 0 Å². The summed E-state index contributed by atoms with van der Waals surface area (Å²) in [7, 11) is 0. The van der Waals surface area contributed by atoms with Gasteiger partial charge in [-0.3, -0.25) is 0 Å². The highest BCUT2D eigenvalue weighted by atomic mass is 16.3. The Hall–Kier alpha value is -0.640. The second kappa shape index (κ2) is 11.5. The fourth-order valence-electron chi connectivity index (χ4n) is 6.06. The molecule has 0 bridgehead atoms. The Morgan fingerprint density at radius 2 is 2.00 bits per heavy atom. The minimum atomic E-state index is -0.302. The van der Waals surface area contributed by atoms with Gasteiger partial charge < -0.3 is 15.3 Å². The Balaban J connectivity index is 2.11. The molecule has 1 unspecified atom stereocenters. The van der Waals surface area contributed by atoms with Crippen LogP contribution in [0.3, 0.4) is 0 Å². The van der Waals surface area contributed by atoms with Gasteiger partial charge in [-0.25, -0.2) is 0 Å². The van der Waals surface area contributed by atoms with Crippen molar-refractivity contribution in [3.63, 3.8) is 0 Å². The fraction of sp³-hybridized carbons (Fsp3) is 0.840. The maximum Gasteiger partial charge on any atom is 0.0574 e. The number of hydrogen-bond acceptors (Lipinski definition) is 3. The van der Waals surface area contributed by atoms with Crippen molar-refractivity contribution >= 4 is 0 Å². The van der Waals surface area contributed by atoms with E-state index < -0.39 is 0 Å². The van der Waals surface area contributed by atoms with Gasteiger partial charge in [-0.05, 0) is 81.0 Å². The monoisotopic (exact) mass is 392 g/mol. The summed E-state index contributed by atoms with van der Waals surface area (Å²) in [6.45, 7) is 7.44. The number of aliphatic hydroxyl groups is 3. The second-order valence-electron chi connectivity index (χ2n) is 9.60. The number of aliphatic hydroxyl groups excluding tert-OH is 3. The first kappa shape index (κ1) is 23.6. The largest absolute Gasteiger partial charge is 0.396 e. The van der Waals surface area contributed by atoms with Crippen LogP contribution in [0.2, 0.25) is 0 Å². The lowest BCUT2D eigenvalue weighted by Crippen LogP contribution is -2.36. The predicted octanol–water partition coefficient (Wildman–Crippen LogP) is 5.40. The molecular formula is C25H44O3. The Bertz CT molecular complexity index is 524. The quantitative estimate of drug-likeness (QED) is 0.413. The van der Waals surface area contributed by atoms with E-state index in [1.54, 1.807) is 5.57 Å². The summed E-state index contributed by atoms with van der Waals surface area (Å²) in [5, 5.41) is 28.5. The van der Waals surface area contributed by atoms with Gasteiger partial charge in [-0.15, -0.1) is 0 Å². The van der Waals surface area contributed by atoms with Crippen LogP contribution in [0.4, 0.5) is 0 Å². The highest BCUT2D eigenvalue weighted by Gasteiger charge is 2.50. The third kappa shape index (κ3) is 5.93. The zero-order chi connectivity index (χ0) is 20.6. The number of rotatable bonds is 11. The summed E-state index contributed by atoms with van der Waals surface area (Å²) in [6.07, 6.45) is 16.1. The number of unbranched alkanes of at least 4 members (excludes halogenated alkanes) is 1. The molecule has 0 aromatic carbocycles. The van der Waals surface area contributed by atoms with Crippen molar-refractivity contribution in [1.29, 1.82) is 0 Å². The second-order valence-corrected chi connectivity index (χ2v) is 9.60. The Morgan fingerprint density at radius 1 is 1.21 bits per heavy atom. The van der Waals surface area contributed by atoms with E-state index in [2.05, 4.69) is 26.0 Å². The molecule has 162 valence electrons. The van der Waals surface area contributed by atoms with Gasteiger partial charge in [0.05, 0.1) is 6.10 Å². The van der Waals surface area contributed by atoms with Gasteiger partial charge in [0.15, 0.2) is 0 Å². The van der Waals surface area contributed by atoms with Crippen LogP contribution in [0.15, 0.2) is 23.3 Å². The zero-order valence-electron chi connectivity index (χ0n) is 18.5. The van der Waals surface area contributed by atoms with Crippen LogP contribution in [0.1, 0.15) is 91.4 Å². The molecule has 0 aromatic rings. The van der Waals surface area contributed by atoms with E-state index in [4.69, 9.17) is 5.11 Å². The average Bonchev–Trinajstić information content (AvgIpc) is 3.03. The molecule has 0 aliphatic heterocycles. The van der Waals surface area contributed by atoms with E-state index in [0.717, 1.165) is 31.1 Å². The topological polar surface area (TPSA) is 60.7 Å². The highest BCUT2D eigenvalue weighted by Crippen LogP contribution is 2.59. The van der Waals surface area contributed by atoms with Crippen molar-refractivity contribution in [2.45, 2.75) is 97.5 Å². The molecule has 5 atom stereocenters. The molecule has 0 amide bonds.